The maximum atomic E-state index is 14.2. The Morgan fingerprint density at radius 3 is 2.72 bits per heavy atom. The van der Waals surface area contributed by atoms with Crippen molar-refractivity contribution in [1.82, 2.24) is 10.2 Å². The molecule has 0 aromatic heterocycles. The molecular formula is C20H29FN2O2. The Morgan fingerprint density at radius 1 is 1.24 bits per heavy atom. The summed E-state index contributed by atoms with van der Waals surface area (Å²) in [6.45, 7) is 4.52. The number of carbonyl (C=O) groups is 1. The molecule has 1 aromatic carbocycles. The fraction of sp³-hybridized carbons (Fsp3) is 0.650. The van der Waals surface area contributed by atoms with Gasteiger partial charge in [-0.05, 0) is 62.7 Å². The summed E-state index contributed by atoms with van der Waals surface area (Å²) in [6, 6.07) is 4.86. The average Bonchev–Trinajstić information content (AvgIpc) is 2.56. The highest BCUT2D eigenvalue weighted by Crippen LogP contribution is 2.21. The second-order valence-corrected chi connectivity index (χ2v) is 7.20. The molecule has 0 bridgehead atoms. The standard InChI is InChI=1S/C20H29FN2O2/c21-19-15-18(6-5-17(19)14-20(24)23-11-3-12-23)25-13-2-1-4-16-7-9-22-10-8-16/h5-6,15-16,22H,1-4,7-14H2. The number of unbranched alkanes of at least 4 members (excludes halogenated alkanes) is 1. The summed E-state index contributed by atoms with van der Waals surface area (Å²) in [5.41, 5.74) is 0.454. The van der Waals surface area contributed by atoms with Gasteiger partial charge in [-0.25, -0.2) is 4.39 Å². The number of ether oxygens (including phenoxy) is 1. The van der Waals surface area contributed by atoms with Gasteiger partial charge in [-0.15, -0.1) is 0 Å². The fourth-order valence-corrected chi connectivity index (χ4v) is 3.50. The van der Waals surface area contributed by atoms with Crippen LogP contribution in [0.5, 0.6) is 5.75 Å². The number of halogens is 1. The minimum atomic E-state index is -0.346. The molecule has 25 heavy (non-hydrogen) atoms. The van der Waals surface area contributed by atoms with Crippen LogP contribution in [-0.2, 0) is 11.2 Å². The molecule has 1 aromatic rings. The molecule has 0 aliphatic carbocycles. The van der Waals surface area contributed by atoms with Crippen molar-refractivity contribution in [3.05, 3.63) is 29.6 Å². The van der Waals surface area contributed by atoms with E-state index in [1.54, 1.807) is 17.0 Å². The van der Waals surface area contributed by atoms with Crippen molar-refractivity contribution in [2.75, 3.05) is 32.8 Å². The zero-order valence-corrected chi connectivity index (χ0v) is 14.9. The third-order valence-corrected chi connectivity index (χ3v) is 5.31. The van der Waals surface area contributed by atoms with Gasteiger partial charge in [-0.3, -0.25) is 4.79 Å². The maximum absolute atomic E-state index is 14.2. The smallest absolute Gasteiger partial charge is 0.227 e. The average molecular weight is 348 g/mol. The van der Waals surface area contributed by atoms with Gasteiger partial charge in [0.15, 0.2) is 0 Å². The van der Waals surface area contributed by atoms with Gasteiger partial charge >= 0.3 is 0 Å². The Morgan fingerprint density at radius 2 is 2.04 bits per heavy atom. The summed E-state index contributed by atoms with van der Waals surface area (Å²) in [5.74, 6) is 1.07. The molecule has 0 radical (unpaired) electrons. The molecule has 2 saturated heterocycles. The van der Waals surface area contributed by atoms with Crippen molar-refractivity contribution in [2.24, 2.45) is 5.92 Å². The molecule has 3 rings (SSSR count). The van der Waals surface area contributed by atoms with Crippen LogP contribution in [0.25, 0.3) is 0 Å². The summed E-state index contributed by atoms with van der Waals surface area (Å²) in [6.07, 6.45) is 7.18. The molecule has 0 unspecified atom stereocenters. The van der Waals surface area contributed by atoms with Crippen LogP contribution >= 0.6 is 0 Å². The van der Waals surface area contributed by atoms with E-state index in [2.05, 4.69) is 5.32 Å². The van der Waals surface area contributed by atoms with E-state index in [0.717, 1.165) is 51.4 Å². The number of amides is 1. The van der Waals surface area contributed by atoms with Gasteiger partial charge < -0.3 is 15.0 Å². The van der Waals surface area contributed by atoms with Crippen molar-refractivity contribution in [3.8, 4) is 5.75 Å². The van der Waals surface area contributed by atoms with Crippen molar-refractivity contribution < 1.29 is 13.9 Å². The van der Waals surface area contributed by atoms with Crippen molar-refractivity contribution >= 4 is 5.91 Å². The normalized spacial score (nSPS) is 18.0. The first kappa shape index (κ1) is 18.2. The number of likely N-dealkylation sites (tertiary alicyclic amines) is 1. The zero-order valence-electron chi connectivity index (χ0n) is 14.9. The van der Waals surface area contributed by atoms with Gasteiger partial charge in [0.1, 0.15) is 11.6 Å². The first-order valence-electron chi connectivity index (χ1n) is 9.62. The lowest BCUT2D eigenvalue weighted by Crippen LogP contribution is -2.42. The van der Waals surface area contributed by atoms with Gasteiger partial charge in [0, 0.05) is 19.2 Å². The van der Waals surface area contributed by atoms with Crippen LogP contribution in [-0.4, -0.2) is 43.6 Å². The van der Waals surface area contributed by atoms with E-state index in [1.807, 2.05) is 0 Å². The van der Waals surface area contributed by atoms with E-state index in [4.69, 9.17) is 4.74 Å². The topological polar surface area (TPSA) is 41.6 Å². The highest BCUT2D eigenvalue weighted by molar-refractivity contribution is 5.79. The molecule has 0 spiro atoms. The molecule has 138 valence electrons. The van der Waals surface area contributed by atoms with Gasteiger partial charge in [0.25, 0.3) is 0 Å². The van der Waals surface area contributed by atoms with Crippen LogP contribution in [0.4, 0.5) is 4.39 Å². The first-order chi connectivity index (χ1) is 12.2. The van der Waals surface area contributed by atoms with E-state index >= 15 is 0 Å². The number of benzene rings is 1. The van der Waals surface area contributed by atoms with E-state index in [1.165, 1.54) is 25.3 Å². The Hall–Kier alpha value is -1.62. The molecule has 0 atom stereocenters. The van der Waals surface area contributed by atoms with Gasteiger partial charge in [0.2, 0.25) is 5.91 Å². The predicted molar refractivity (Wildman–Crippen MR) is 96.2 cm³/mol. The highest BCUT2D eigenvalue weighted by atomic mass is 19.1. The fourth-order valence-electron chi connectivity index (χ4n) is 3.50. The second kappa shape index (κ2) is 9.18. The number of rotatable bonds is 8. The number of piperidine rings is 1. The van der Waals surface area contributed by atoms with Gasteiger partial charge in [-0.2, -0.15) is 0 Å². The molecule has 4 nitrogen and oxygen atoms in total. The lowest BCUT2D eigenvalue weighted by Gasteiger charge is -2.31. The van der Waals surface area contributed by atoms with Crippen molar-refractivity contribution in [1.29, 1.82) is 0 Å². The minimum absolute atomic E-state index is 0.0109. The lowest BCUT2D eigenvalue weighted by molar-refractivity contribution is -0.133. The Kier molecular flexibility index (Phi) is 6.68. The molecule has 2 fully saturated rings. The van der Waals surface area contributed by atoms with E-state index < -0.39 is 0 Å². The van der Waals surface area contributed by atoms with Crippen LogP contribution in [0.2, 0.25) is 0 Å². The quantitative estimate of drug-likeness (QED) is 0.734. The molecule has 2 aliphatic rings. The SMILES string of the molecule is O=C(Cc1ccc(OCCCCC2CCNCC2)cc1F)N1CCC1. The monoisotopic (exact) mass is 348 g/mol. The van der Waals surface area contributed by atoms with E-state index in [-0.39, 0.29) is 18.1 Å². The predicted octanol–water partition coefficient (Wildman–Crippen LogP) is 3.15. The maximum Gasteiger partial charge on any atom is 0.227 e. The van der Waals surface area contributed by atoms with Crippen molar-refractivity contribution in [3.63, 3.8) is 0 Å². The summed E-state index contributed by atoms with van der Waals surface area (Å²) in [7, 11) is 0. The molecule has 1 amide bonds. The zero-order chi connectivity index (χ0) is 17.5. The lowest BCUT2D eigenvalue weighted by atomic mass is 9.93. The summed E-state index contributed by atoms with van der Waals surface area (Å²) >= 11 is 0. The molecule has 1 N–H and O–H groups in total. The number of hydrogen-bond acceptors (Lipinski definition) is 3. The second-order valence-electron chi connectivity index (χ2n) is 7.20. The Balaban J connectivity index is 1.36. The molecular weight excluding hydrogens is 319 g/mol. The molecule has 2 aliphatic heterocycles. The van der Waals surface area contributed by atoms with E-state index in [0.29, 0.717) is 17.9 Å². The van der Waals surface area contributed by atoms with Crippen LogP contribution in [0.1, 0.15) is 44.1 Å². The Labute approximate surface area is 149 Å². The van der Waals surface area contributed by atoms with Crippen LogP contribution < -0.4 is 10.1 Å². The van der Waals surface area contributed by atoms with Gasteiger partial charge in [-0.1, -0.05) is 12.5 Å². The summed E-state index contributed by atoms with van der Waals surface area (Å²) in [5, 5.41) is 3.39. The first-order valence-corrected chi connectivity index (χ1v) is 9.62. The third kappa shape index (κ3) is 5.43. The van der Waals surface area contributed by atoms with Crippen LogP contribution in [0, 0.1) is 11.7 Å². The van der Waals surface area contributed by atoms with Crippen LogP contribution in [0.3, 0.4) is 0 Å². The summed E-state index contributed by atoms with van der Waals surface area (Å²) in [4.78, 5) is 13.7. The van der Waals surface area contributed by atoms with Gasteiger partial charge in [0.05, 0.1) is 13.0 Å². The number of nitrogens with zero attached hydrogens (tertiary/aromatic N) is 1. The molecule has 0 saturated carbocycles. The minimum Gasteiger partial charge on any atom is -0.493 e. The van der Waals surface area contributed by atoms with E-state index in [9.17, 15) is 9.18 Å². The molecule has 2 heterocycles. The highest BCUT2D eigenvalue weighted by Gasteiger charge is 2.21. The van der Waals surface area contributed by atoms with Crippen molar-refractivity contribution in [2.45, 2.75) is 44.9 Å². The Bertz CT molecular complexity index is 569. The largest absolute Gasteiger partial charge is 0.493 e. The van der Waals surface area contributed by atoms with Crippen LogP contribution in [0.15, 0.2) is 18.2 Å². The number of hydrogen-bond donors (Lipinski definition) is 1. The third-order valence-electron chi connectivity index (χ3n) is 5.31. The summed E-state index contributed by atoms with van der Waals surface area (Å²) < 4.78 is 19.8. The molecule has 5 heteroatoms. The number of nitrogens with one attached hydrogen (secondary N) is 1. The number of carbonyl (C=O) groups excluding carboxylic acids is 1.